The van der Waals surface area contributed by atoms with E-state index in [-0.39, 0.29) is 0 Å². The third kappa shape index (κ3) is 4.21. The molecule has 2 aliphatic rings. The first-order valence-electron chi connectivity index (χ1n) is 8.72. The SMILES string of the molecule is CCCC1CCCCN1C(=O)CC(C)C1CCCNC1. The molecule has 3 nitrogen and oxygen atoms in total. The van der Waals surface area contributed by atoms with Crippen LogP contribution in [0, 0.1) is 11.8 Å². The van der Waals surface area contributed by atoms with E-state index in [2.05, 4.69) is 24.1 Å². The minimum absolute atomic E-state index is 0.418. The van der Waals surface area contributed by atoms with Crippen molar-refractivity contribution in [1.82, 2.24) is 10.2 Å². The number of hydrogen-bond donors (Lipinski definition) is 1. The molecule has 3 atom stereocenters. The molecular formula is C17H32N2O. The van der Waals surface area contributed by atoms with Crippen LogP contribution >= 0.6 is 0 Å². The predicted molar refractivity (Wildman–Crippen MR) is 83.6 cm³/mol. The van der Waals surface area contributed by atoms with Gasteiger partial charge in [0.2, 0.25) is 5.91 Å². The maximum Gasteiger partial charge on any atom is 0.223 e. The van der Waals surface area contributed by atoms with Crippen molar-refractivity contribution in [1.29, 1.82) is 0 Å². The lowest BCUT2D eigenvalue weighted by molar-refractivity contribution is -0.136. The molecule has 116 valence electrons. The van der Waals surface area contributed by atoms with Crippen LogP contribution in [0.3, 0.4) is 0 Å². The van der Waals surface area contributed by atoms with E-state index in [1.165, 1.54) is 44.9 Å². The van der Waals surface area contributed by atoms with Crippen LogP contribution < -0.4 is 5.32 Å². The van der Waals surface area contributed by atoms with Crippen LogP contribution in [0.4, 0.5) is 0 Å². The fraction of sp³-hybridized carbons (Fsp3) is 0.941. The van der Waals surface area contributed by atoms with E-state index in [1.54, 1.807) is 0 Å². The van der Waals surface area contributed by atoms with Crippen LogP contribution in [0.1, 0.15) is 65.2 Å². The van der Waals surface area contributed by atoms with Gasteiger partial charge < -0.3 is 10.2 Å². The van der Waals surface area contributed by atoms with E-state index in [0.717, 1.165) is 26.1 Å². The summed E-state index contributed by atoms with van der Waals surface area (Å²) in [5.74, 6) is 1.64. The zero-order valence-corrected chi connectivity index (χ0v) is 13.4. The summed E-state index contributed by atoms with van der Waals surface area (Å²) < 4.78 is 0. The van der Waals surface area contributed by atoms with Gasteiger partial charge in [-0.2, -0.15) is 0 Å². The Balaban J connectivity index is 1.85. The molecule has 0 bridgehead atoms. The maximum absolute atomic E-state index is 12.6. The average molecular weight is 280 g/mol. The molecule has 0 saturated carbocycles. The van der Waals surface area contributed by atoms with Crippen molar-refractivity contribution in [2.24, 2.45) is 11.8 Å². The molecular weight excluding hydrogens is 248 g/mol. The van der Waals surface area contributed by atoms with Crippen LogP contribution in [0.2, 0.25) is 0 Å². The van der Waals surface area contributed by atoms with Gasteiger partial charge in [0.1, 0.15) is 0 Å². The van der Waals surface area contributed by atoms with Crippen LogP contribution in [0.25, 0.3) is 0 Å². The molecule has 20 heavy (non-hydrogen) atoms. The van der Waals surface area contributed by atoms with Gasteiger partial charge in [-0.1, -0.05) is 20.3 Å². The monoisotopic (exact) mass is 280 g/mol. The van der Waals surface area contributed by atoms with E-state index < -0.39 is 0 Å². The molecule has 3 unspecified atom stereocenters. The summed E-state index contributed by atoms with van der Waals surface area (Å²) in [4.78, 5) is 14.9. The highest BCUT2D eigenvalue weighted by atomic mass is 16.2. The third-order valence-electron chi connectivity index (χ3n) is 5.21. The van der Waals surface area contributed by atoms with Crippen LogP contribution in [-0.2, 0) is 4.79 Å². The summed E-state index contributed by atoms with van der Waals surface area (Å²) in [6.07, 6.45) is 9.42. The number of carbonyl (C=O) groups excluding carboxylic acids is 1. The Morgan fingerprint density at radius 2 is 2.15 bits per heavy atom. The molecule has 0 aromatic carbocycles. The van der Waals surface area contributed by atoms with Gasteiger partial charge in [0.15, 0.2) is 0 Å². The van der Waals surface area contributed by atoms with Gasteiger partial charge >= 0.3 is 0 Å². The molecule has 2 aliphatic heterocycles. The number of nitrogens with one attached hydrogen (secondary N) is 1. The topological polar surface area (TPSA) is 32.3 Å². The van der Waals surface area contributed by atoms with Gasteiger partial charge in [-0.25, -0.2) is 0 Å². The van der Waals surface area contributed by atoms with Gasteiger partial charge in [-0.3, -0.25) is 4.79 Å². The lowest BCUT2D eigenvalue weighted by atomic mass is 9.84. The molecule has 2 fully saturated rings. The molecule has 2 saturated heterocycles. The van der Waals surface area contributed by atoms with Gasteiger partial charge in [0, 0.05) is 19.0 Å². The van der Waals surface area contributed by atoms with Crippen LogP contribution in [0.15, 0.2) is 0 Å². The zero-order valence-electron chi connectivity index (χ0n) is 13.4. The summed E-state index contributed by atoms with van der Waals surface area (Å²) in [6, 6.07) is 0.526. The van der Waals surface area contributed by atoms with Gasteiger partial charge in [-0.15, -0.1) is 0 Å². The Kier molecular flexibility index (Phi) is 6.34. The summed E-state index contributed by atoms with van der Waals surface area (Å²) in [6.45, 7) is 7.76. The van der Waals surface area contributed by atoms with Crippen molar-refractivity contribution in [2.75, 3.05) is 19.6 Å². The lowest BCUT2D eigenvalue weighted by Crippen LogP contribution is -2.45. The minimum Gasteiger partial charge on any atom is -0.340 e. The maximum atomic E-state index is 12.6. The number of piperidine rings is 2. The molecule has 0 aliphatic carbocycles. The zero-order chi connectivity index (χ0) is 14.4. The standard InChI is InChI=1S/C17H32N2O/c1-3-7-16-9-4-5-11-19(16)17(20)12-14(2)15-8-6-10-18-13-15/h14-16,18H,3-13H2,1-2H3. The smallest absolute Gasteiger partial charge is 0.223 e. The number of likely N-dealkylation sites (tertiary alicyclic amines) is 1. The van der Waals surface area contributed by atoms with E-state index in [4.69, 9.17) is 0 Å². The third-order valence-corrected chi connectivity index (χ3v) is 5.21. The highest BCUT2D eigenvalue weighted by Gasteiger charge is 2.29. The fourth-order valence-electron chi connectivity index (χ4n) is 3.89. The largest absolute Gasteiger partial charge is 0.340 e. The predicted octanol–water partition coefficient (Wildman–Crippen LogP) is 3.19. The van der Waals surface area contributed by atoms with Gasteiger partial charge in [-0.05, 0) is 63.5 Å². The van der Waals surface area contributed by atoms with Gasteiger partial charge in [0.05, 0.1) is 0 Å². The molecule has 0 aromatic heterocycles. The summed E-state index contributed by atoms with van der Waals surface area (Å²) in [5, 5.41) is 3.47. The van der Waals surface area contributed by atoms with E-state index in [9.17, 15) is 4.79 Å². The molecule has 0 aromatic rings. The van der Waals surface area contributed by atoms with Gasteiger partial charge in [0.25, 0.3) is 0 Å². The summed E-state index contributed by atoms with van der Waals surface area (Å²) in [5.41, 5.74) is 0. The van der Waals surface area contributed by atoms with Crippen LogP contribution in [-0.4, -0.2) is 36.5 Å². The number of amides is 1. The molecule has 1 amide bonds. The van der Waals surface area contributed by atoms with Crippen molar-refractivity contribution in [3.63, 3.8) is 0 Å². The Labute approximate surface area is 124 Å². The van der Waals surface area contributed by atoms with Crippen molar-refractivity contribution in [3.05, 3.63) is 0 Å². The highest BCUT2D eigenvalue weighted by Crippen LogP contribution is 2.26. The number of rotatable bonds is 5. The van der Waals surface area contributed by atoms with E-state index in [1.807, 2.05) is 0 Å². The quantitative estimate of drug-likeness (QED) is 0.839. The normalized spacial score (nSPS) is 29.2. The molecule has 1 N–H and O–H groups in total. The molecule has 2 heterocycles. The molecule has 2 rings (SSSR count). The average Bonchev–Trinajstić information content (AvgIpc) is 2.49. The number of nitrogens with zero attached hydrogens (tertiary/aromatic N) is 1. The highest BCUT2D eigenvalue weighted by molar-refractivity contribution is 5.76. The first-order valence-corrected chi connectivity index (χ1v) is 8.72. The number of hydrogen-bond acceptors (Lipinski definition) is 2. The Bertz CT molecular complexity index is 297. The lowest BCUT2D eigenvalue weighted by Gasteiger charge is -2.37. The second kappa shape index (κ2) is 8.02. The minimum atomic E-state index is 0.418. The second-order valence-corrected chi connectivity index (χ2v) is 6.81. The van der Waals surface area contributed by atoms with Crippen LogP contribution in [0.5, 0.6) is 0 Å². The van der Waals surface area contributed by atoms with Crippen molar-refractivity contribution >= 4 is 5.91 Å². The molecule has 0 spiro atoms. The van der Waals surface area contributed by atoms with Crippen molar-refractivity contribution in [3.8, 4) is 0 Å². The Morgan fingerprint density at radius 3 is 2.85 bits per heavy atom. The van der Waals surface area contributed by atoms with Crippen molar-refractivity contribution < 1.29 is 4.79 Å². The summed E-state index contributed by atoms with van der Waals surface area (Å²) >= 11 is 0. The first kappa shape index (κ1) is 15.8. The second-order valence-electron chi connectivity index (χ2n) is 6.81. The summed E-state index contributed by atoms with van der Waals surface area (Å²) in [7, 11) is 0. The molecule has 3 heteroatoms. The molecule has 0 radical (unpaired) electrons. The van der Waals surface area contributed by atoms with E-state index in [0.29, 0.717) is 23.8 Å². The number of carbonyl (C=O) groups is 1. The Morgan fingerprint density at radius 1 is 1.30 bits per heavy atom. The van der Waals surface area contributed by atoms with E-state index >= 15 is 0 Å². The fourth-order valence-corrected chi connectivity index (χ4v) is 3.89. The Hall–Kier alpha value is -0.570. The first-order chi connectivity index (χ1) is 9.72. The van der Waals surface area contributed by atoms with Crippen molar-refractivity contribution in [2.45, 2.75) is 71.3 Å².